The first-order chi connectivity index (χ1) is 18.2. The van der Waals surface area contributed by atoms with Crippen LogP contribution in [0.1, 0.15) is 59.1 Å². The number of carboxylic acids is 1. The van der Waals surface area contributed by atoms with Crippen LogP contribution in [0.15, 0.2) is 48.5 Å². The van der Waals surface area contributed by atoms with Gasteiger partial charge in [0, 0.05) is 43.2 Å². The number of ether oxygens (including phenoxy) is 1. The molecule has 1 aliphatic rings. The molecule has 4 aromatic rings. The largest absolute Gasteiger partial charge is 0.489 e. The molecular weight excluding hydrogens is 500 g/mol. The molecule has 198 valence electrons. The summed E-state index contributed by atoms with van der Waals surface area (Å²) in [6.07, 6.45) is 0.987. The highest BCUT2D eigenvalue weighted by Gasteiger charge is 2.25. The first kappa shape index (κ1) is 26.2. The van der Waals surface area contributed by atoms with Crippen molar-refractivity contribution in [3.63, 3.8) is 0 Å². The number of aliphatic carboxylic acids is 1. The summed E-state index contributed by atoms with van der Waals surface area (Å²) in [6, 6.07) is 16.2. The normalized spacial score (nSPS) is 16.6. The number of benzene rings is 3. The van der Waals surface area contributed by atoms with Gasteiger partial charge >= 0.3 is 5.97 Å². The Labute approximate surface area is 228 Å². The fourth-order valence-electron chi connectivity index (χ4n) is 5.46. The van der Waals surface area contributed by atoms with E-state index in [1.165, 1.54) is 11.1 Å². The van der Waals surface area contributed by atoms with E-state index < -0.39 is 5.97 Å². The van der Waals surface area contributed by atoms with Crippen molar-refractivity contribution >= 4 is 28.6 Å². The Kier molecular flexibility index (Phi) is 7.41. The van der Waals surface area contributed by atoms with Gasteiger partial charge in [0.25, 0.3) is 0 Å². The lowest BCUT2D eigenvalue weighted by molar-refractivity contribution is -0.137. The van der Waals surface area contributed by atoms with Gasteiger partial charge in [-0.3, -0.25) is 9.69 Å². The SMILES string of the molecule is CC[C@@H]1CN(Cc2cc(C(CC(=O)O)c3ccc4c(nnn4C)c3C)ccc2C)Cc2cc(Cl)ccc2O1. The van der Waals surface area contributed by atoms with Crippen LogP contribution >= 0.6 is 11.6 Å². The number of fused-ring (bicyclic) bond motifs is 2. The lowest BCUT2D eigenvalue weighted by Gasteiger charge is -2.25. The number of hydrogen-bond donors (Lipinski definition) is 1. The Hall–Kier alpha value is -3.42. The Morgan fingerprint density at radius 3 is 2.76 bits per heavy atom. The first-order valence-corrected chi connectivity index (χ1v) is 13.4. The number of carboxylic acid groups (broad SMARTS) is 1. The number of aromatic nitrogens is 3. The molecule has 0 saturated carbocycles. The standard InChI is InChI=1S/C30H33ClN4O3/c1-5-24-17-35(16-22-13-23(31)8-11-28(22)38-24)15-21-12-20(7-6-18(21)2)26(14-29(36)37)25-9-10-27-30(19(25)3)32-33-34(27)4/h6-13,24,26H,5,14-17H2,1-4H3,(H,36,37)/t24-,26?/m1/s1. The van der Waals surface area contributed by atoms with Crippen molar-refractivity contribution in [3.8, 4) is 5.75 Å². The van der Waals surface area contributed by atoms with Crippen LogP contribution in [0.5, 0.6) is 5.75 Å². The number of halogens is 1. The number of hydrogen-bond acceptors (Lipinski definition) is 5. The summed E-state index contributed by atoms with van der Waals surface area (Å²) in [4.78, 5) is 14.4. The van der Waals surface area contributed by atoms with Crippen molar-refractivity contribution in [3.05, 3.63) is 86.9 Å². The van der Waals surface area contributed by atoms with Gasteiger partial charge in [0.05, 0.1) is 11.9 Å². The third kappa shape index (κ3) is 5.26. The lowest BCUT2D eigenvalue weighted by atomic mass is 9.84. The van der Waals surface area contributed by atoms with Gasteiger partial charge in [-0.25, -0.2) is 4.68 Å². The van der Waals surface area contributed by atoms with Crippen LogP contribution in [0.2, 0.25) is 5.02 Å². The summed E-state index contributed by atoms with van der Waals surface area (Å²) in [5.74, 6) is -0.237. The second-order valence-corrected chi connectivity index (χ2v) is 10.7. The number of rotatable bonds is 7. The highest BCUT2D eigenvalue weighted by Crippen LogP contribution is 2.35. The van der Waals surface area contributed by atoms with Gasteiger partial charge in [0.15, 0.2) is 0 Å². The molecule has 1 unspecified atom stereocenters. The average Bonchev–Trinajstić information content (AvgIpc) is 3.17. The van der Waals surface area contributed by atoms with Crippen LogP contribution in [0, 0.1) is 13.8 Å². The van der Waals surface area contributed by atoms with E-state index in [9.17, 15) is 9.90 Å². The fourth-order valence-corrected chi connectivity index (χ4v) is 5.65. The molecule has 7 nitrogen and oxygen atoms in total. The molecular formula is C30H33ClN4O3. The van der Waals surface area contributed by atoms with Gasteiger partial charge in [-0.1, -0.05) is 48.0 Å². The van der Waals surface area contributed by atoms with Crippen molar-refractivity contribution < 1.29 is 14.6 Å². The van der Waals surface area contributed by atoms with Crippen LogP contribution in [0.4, 0.5) is 0 Å². The van der Waals surface area contributed by atoms with Crippen molar-refractivity contribution in [1.29, 1.82) is 0 Å². The van der Waals surface area contributed by atoms with E-state index in [1.54, 1.807) is 4.68 Å². The van der Waals surface area contributed by atoms with Crippen LogP contribution in [0.3, 0.4) is 0 Å². The van der Waals surface area contributed by atoms with Crippen LogP contribution in [0.25, 0.3) is 11.0 Å². The molecule has 0 radical (unpaired) electrons. The zero-order valence-corrected chi connectivity index (χ0v) is 23.0. The topological polar surface area (TPSA) is 80.5 Å². The lowest BCUT2D eigenvalue weighted by Crippen LogP contribution is -2.32. The average molecular weight is 533 g/mol. The van der Waals surface area contributed by atoms with Crippen LogP contribution in [-0.4, -0.2) is 43.6 Å². The minimum Gasteiger partial charge on any atom is -0.489 e. The van der Waals surface area contributed by atoms with Crippen LogP contribution in [-0.2, 0) is 24.9 Å². The Balaban J connectivity index is 1.50. The Morgan fingerprint density at radius 1 is 1.18 bits per heavy atom. The molecule has 0 fully saturated rings. The van der Waals surface area contributed by atoms with Crippen molar-refractivity contribution in [2.45, 2.75) is 58.7 Å². The van der Waals surface area contributed by atoms with E-state index in [0.29, 0.717) is 5.02 Å². The molecule has 0 aliphatic carbocycles. The zero-order valence-electron chi connectivity index (χ0n) is 22.2. The first-order valence-electron chi connectivity index (χ1n) is 13.0. The quantitative estimate of drug-likeness (QED) is 0.313. The molecule has 1 aliphatic heterocycles. The highest BCUT2D eigenvalue weighted by molar-refractivity contribution is 6.30. The zero-order chi connectivity index (χ0) is 27.0. The summed E-state index contributed by atoms with van der Waals surface area (Å²) >= 11 is 6.31. The van der Waals surface area contributed by atoms with Gasteiger partial charge in [0.1, 0.15) is 17.4 Å². The molecule has 38 heavy (non-hydrogen) atoms. The van der Waals surface area contributed by atoms with Crippen molar-refractivity contribution in [2.24, 2.45) is 7.05 Å². The smallest absolute Gasteiger partial charge is 0.304 e. The molecule has 0 amide bonds. The molecule has 1 aromatic heterocycles. The van der Waals surface area contributed by atoms with Gasteiger partial charge in [0.2, 0.25) is 0 Å². The number of carbonyl (C=O) groups is 1. The fraction of sp³-hybridized carbons (Fsp3) is 0.367. The van der Waals surface area contributed by atoms with E-state index in [0.717, 1.165) is 65.1 Å². The predicted molar refractivity (Wildman–Crippen MR) is 149 cm³/mol. The van der Waals surface area contributed by atoms with Gasteiger partial charge in [-0.15, -0.1) is 5.10 Å². The molecule has 2 atom stereocenters. The van der Waals surface area contributed by atoms with E-state index in [-0.39, 0.29) is 18.4 Å². The Bertz CT molecular complexity index is 1500. The third-order valence-corrected chi connectivity index (χ3v) is 7.87. The highest BCUT2D eigenvalue weighted by atomic mass is 35.5. The molecule has 1 N–H and O–H groups in total. The van der Waals surface area contributed by atoms with Crippen molar-refractivity contribution in [2.75, 3.05) is 6.54 Å². The predicted octanol–water partition coefficient (Wildman–Crippen LogP) is 6.02. The Morgan fingerprint density at radius 2 is 2.00 bits per heavy atom. The second kappa shape index (κ2) is 10.8. The summed E-state index contributed by atoms with van der Waals surface area (Å²) in [6.45, 7) is 8.51. The van der Waals surface area contributed by atoms with E-state index in [2.05, 4.69) is 47.3 Å². The van der Waals surface area contributed by atoms with E-state index in [1.807, 2.05) is 44.3 Å². The third-order valence-electron chi connectivity index (χ3n) is 7.63. The molecule has 8 heteroatoms. The summed E-state index contributed by atoms with van der Waals surface area (Å²) in [5, 5.41) is 19.0. The molecule has 0 saturated heterocycles. The van der Waals surface area contributed by atoms with Gasteiger partial charge < -0.3 is 9.84 Å². The van der Waals surface area contributed by atoms with Gasteiger partial charge in [-0.05, 0) is 72.4 Å². The monoisotopic (exact) mass is 532 g/mol. The molecule has 2 heterocycles. The minimum absolute atomic E-state index is 0.00352. The minimum atomic E-state index is -0.834. The maximum absolute atomic E-state index is 12.0. The second-order valence-electron chi connectivity index (χ2n) is 10.3. The maximum atomic E-state index is 12.0. The number of aryl methyl sites for hydroxylation is 3. The molecule has 3 aromatic carbocycles. The number of nitrogens with zero attached hydrogens (tertiary/aromatic N) is 4. The van der Waals surface area contributed by atoms with E-state index >= 15 is 0 Å². The molecule has 0 spiro atoms. The van der Waals surface area contributed by atoms with Gasteiger partial charge in [-0.2, -0.15) is 0 Å². The van der Waals surface area contributed by atoms with E-state index in [4.69, 9.17) is 16.3 Å². The van der Waals surface area contributed by atoms with Crippen LogP contribution < -0.4 is 4.74 Å². The summed E-state index contributed by atoms with van der Waals surface area (Å²) in [5.41, 5.74) is 8.09. The summed E-state index contributed by atoms with van der Waals surface area (Å²) in [7, 11) is 1.86. The maximum Gasteiger partial charge on any atom is 0.304 e. The van der Waals surface area contributed by atoms with Crippen molar-refractivity contribution in [1.82, 2.24) is 19.9 Å². The molecule has 5 rings (SSSR count). The summed E-state index contributed by atoms with van der Waals surface area (Å²) < 4.78 is 8.03. The molecule has 0 bridgehead atoms.